The summed E-state index contributed by atoms with van der Waals surface area (Å²) < 4.78 is 3.21. The van der Waals surface area contributed by atoms with Gasteiger partial charge in [-0.25, -0.2) is 9.97 Å². The van der Waals surface area contributed by atoms with Crippen molar-refractivity contribution < 1.29 is 4.79 Å². The highest BCUT2D eigenvalue weighted by atomic mass is 32.2. The van der Waals surface area contributed by atoms with Gasteiger partial charge >= 0.3 is 0 Å². The molecule has 3 heterocycles. The van der Waals surface area contributed by atoms with Crippen LogP contribution in [0.5, 0.6) is 0 Å². The van der Waals surface area contributed by atoms with Crippen molar-refractivity contribution in [1.82, 2.24) is 29.5 Å². The zero-order valence-electron chi connectivity index (χ0n) is 15.3. The van der Waals surface area contributed by atoms with Crippen LogP contribution in [0, 0.1) is 0 Å². The molecule has 29 heavy (non-hydrogen) atoms. The maximum absolute atomic E-state index is 12.5. The number of hydrogen-bond donors (Lipinski definition) is 1. The summed E-state index contributed by atoms with van der Waals surface area (Å²) in [7, 11) is 0. The Morgan fingerprint density at radius 3 is 2.93 bits per heavy atom. The third-order valence-corrected chi connectivity index (χ3v) is 5.94. The molecule has 0 bridgehead atoms. The van der Waals surface area contributed by atoms with Gasteiger partial charge in [0.25, 0.3) is 5.56 Å². The Balaban J connectivity index is 1.36. The molecule has 0 saturated carbocycles. The second kappa shape index (κ2) is 9.01. The van der Waals surface area contributed by atoms with Crippen LogP contribution in [0.1, 0.15) is 17.3 Å². The smallest absolute Gasteiger partial charge is 0.258 e. The highest BCUT2D eigenvalue weighted by molar-refractivity contribution is 7.99. The van der Waals surface area contributed by atoms with Gasteiger partial charge in [-0.2, -0.15) is 5.10 Å². The van der Waals surface area contributed by atoms with Crippen LogP contribution in [-0.2, 0) is 17.1 Å². The molecule has 0 radical (unpaired) electrons. The molecule has 10 heteroatoms. The Hall–Kier alpha value is -2.98. The Morgan fingerprint density at radius 2 is 2.14 bits per heavy atom. The Morgan fingerprint density at radius 1 is 1.28 bits per heavy atom. The number of aromatic nitrogens is 5. The molecule has 1 aromatic carbocycles. The average Bonchev–Trinajstić information content (AvgIpc) is 3.40. The van der Waals surface area contributed by atoms with Crippen molar-refractivity contribution in [2.45, 2.75) is 18.3 Å². The lowest BCUT2D eigenvalue weighted by molar-refractivity contribution is -0.119. The van der Waals surface area contributed by atoms with Gasteiger partial charge in [0.05, 0.1) is 24.0 Å². The summed E-state index contributed by atoms with van der Waals surface area (Å²) >= 11 is 2.84. The van der Waals surface area contributed by atoms with E-state index in [9.17, 15) is 9.59 Å². The number of fused-ring (bicyclic) bond motifs is 1. The first-order chi connectivity index (χ1) is 14.2. The first-order valence-corrected chi connectivity index (χ1v) is 10.9. The van der Waals surface area contributed by atoms with Crippen molar-refractivity contribution in [1.29, 1.82) is 0 Å². The molecule has 1 atom stereocenters. The fourth-order valence-electron chi connectivity index (χ4n) is 2.88. The van der Waals surface area contributed by atoms with E-state index in [-0.39, 0.29) is 23.3 Å². The standard InChI is InChI=1S/C19H18N6O2S2/c26-17(11-28-10-15-8-18(27)25-6-7-29-19(25)22-15)23-16(9-24-13-20-12-21-24)14-4-2-1-3-5-14/h1-8,12-13,16H,9-11H2,(H,23,26). The van der Waals surface area contributed by atoms with E-state index in [4.69, 9.17) is 0 Å². The van der Waals surface area contributed by atoms with Gasteiger partial charge in [0.2, 0.25) is 5.91 Å². The molecule has 0 aliphatic heterocycles. The highest BCUT2D eigenvalue weighted by Gasteiger charge is 2.16. The first-order valence-electron chi connectivity index (χ1n) is 8.89. The summed E-state index contributed by atoms with van der Waals surface area (Å²) in [5.41, 5.74) is 1.57. The van der Waals surface area contributed by atoms with E-state index in [0.29, 0.717) is 23.0 Å². The lowest BCUT2D eigenvalue weighted by Gasteiger charge is -2.19. The molecule has 3 aromatic heterocycles. The van der Waals surface area contributed by atoms with Crippen LogP contribution in [0.15, 0.2) is 65.4 Å². The monoisotopic (exact) mass is 426 g/mol. The predicted octanol–water partition coefficient (Wildman–Crippen LogP) is 2.14. The number of rotatable bonds is 8. The maximum atomic E-state index is 12.5. The number of nitrogens with one attached hydrogen (secondary N) is 1. The molecule has 148 valence electrons. The van der Waals surface area contributed by atoms with Crippen molar-refractivity contribution in [2.24, 2.45) is 0 Å². The number of carbonyl (C=O) groups excluding carboxylic acids is 1. The molecule has 4 aromatic rings. The third-order valence-electron chi connectivity index (χ3n) is 4.21. The molecule has 8 nitrogen and oxygen atoms in total. The number of thiazole rings is 1. The zero-order valence-corrected chi connectivity index (χ0v) is 17.0. The van der Waals surface area contributed by atoms with Gasteiger partial charge in [-0.05, 0) is 5.56 Å². The molecule has 1 amide bonds. The van der Waals surface area contributed by atoms with Crippen LogP contribution in [-0.4, -0.2) is 35.8 Å². The van der Waals surface area contributed by atoms with Crippen molar-refractivity contribution in [3.05, 3.63) is 82.2 Å². The van der Waals surface area contributed by atoms with E-state index in [1.54, 1.807) is 17.2 Å². The minimum Gasteiger partial charge on any atom is -0.347 e. The maximum Gasteiger partial charge on any atom is 0.258 e. The van der Waals surface area contributed by atoms with E-state index in [1.165, 1.54) is 39.9 Å². The van der Waals surface area contributed by atoms with Crippen molar-refractivity contribution in [3.8, 4) is 0 Å². The number of amides is 1. The zero-order chi connectivity index (χ0) is 20.1. The molecule has 1 N–H and O–H groups in total. The van der Waals surface area contributed by atoms with Crippen molar-refractivity contribution in [2.75, 3.05) is 5.75 Å². The third kappa shape index (κ3) is 4.90. The molecule has 4 rings (SSSR count). The van der Waals surface area contributed by atoms with Gasteiger partial charge in [-0.15, -0.1) is 23.1 Å². The van der Waals surface area contributed by atoms with Crippen molar-refractivity contribution >= 4 is 34.0 Å². The predicted molar refractivity (Wildman–Crippen MR) is 113 cm³/mol. The van der Waals surface area contributed by atoms with E-state index in [1.807, 2.05) is 35.7 Å². The quantitative estimate of drug-likeness (QED) is 0.464. The van der Waals surface area contributed by atoms with Gasteiger partial charge in [-0.1, -0.05) is 30.3 Å². The summed E-state index contributed by atoms with van der Waals surface area (Å²) in [6, 6.07) is 11.1. The SMILES string of the molecule is O=C(CSCc1cc(=O)n2ccsc2n1)NC(Cn1cncn1)c1ccccc1. The number of hydrogen-bond acceptors (Lipinski definition) is 7. The summed E-state index contributed by atoms with van der Waals surface area (Å²) in [5.74, 6) is 0.681. The molecular weight excluding hydrogens is 408 g/mol. The van der Waals surface area contributed by atoms with Gasteiger partial charge in [0, 0.05) is 23.4 Å². The molecule has 0 aliphatic rings. The number of nitrogens with zero attached hydrogens (tertiary/aromatic N) is 5. The van der Waals surface area contributed by atoms with Gasteiger partial charge in [0.1, 0.15) is 12.7 Å². The van der Waals surface area contributed by atoms with Crippen LogP contribution < -0.4 is 10.9 Å². The summed E-state index contributed by atoms with van der Waals surface area (Å²) in [4.78, 5) is 33.6. The van der Waals surface area contributed by atoms with Crippen LogP contribution in [0.4, 0.5) is 0 Å². The molecule has 1 unspecified atom stereocenters. The van der Waals surface area contributed by atoms with E-state index in [2.05, 4.69) is 20.4 Å². The Kier molecular flexibility index (Phi) is 6.01. The normalized spacial score (nSPS) is 12.1. The van der Waals surface area contributed by atoms with Gasteiger partial charge in [0.15, 0.2) is 4.96 Å². The van der Waals surface area contributed by atoms with Crippen LogP contribution in [0.2, 0.25) is 0 Å². The molecule has 0 saturated heterocycles. The van der Waals surface area contributed by atoms with Crippen LogP contribution in [0.25, 0.3) is 4.96 Å². The fourth-order valence-corrected chi connectivity index (χ4v) is 4.35. The van der Waals surface area contributed by atoms with E-state index in [0.717, 1.165) is 5.56 Å². The second-order valence-corrected chi connectivity index (χ2v) is 8.14. The largest absolute Gasteiger partial charge is 0.347 e. The highest BCUT2D eigenvalue weighted by Crippen LogP contribution is 2.16. The minimum absolute atomic E-state index is 0.0853. The van der Waals surface area contributed by atoms with Gasteiger partial charge in [-0.3, -0.25) is 18.7 Å². The number of benzene rings is 1. The summed E-state index contributed by atoms with van der Waals surface area (Å²) in [6.45, 7) is 0.494. The molecule has 0 spiro atoms. The van der Waals surface area contributed by atoms with Crippen molar-refractivity contribution in [3.63, 3.8) is 0 Å². The summed E-state index contributed by atoms with van der Waals surface area (Å²) in [6.07, 6.45) is 4.81. The van der Waals surface area contributed by atoms with Crippen LogP contribution >= 0.6 is 23.1 Å². The van der Waals surface area contributed by atoms with Gasteiger partial charge < -0.3 is 5.32 Å². The Bertz CT molecular complexity index is 1140. The summed E-state index contributed by atoms with van der Waals surface area (Å²) in [5, 5.41) is 9.02. The first kappa shape index (κ1) is 19.3. The minimum atomic E-state index is -0.212. The number of carbonyl (C=O) groups is 1. The average molecular weight is 427 g/mol. The topological polar surface area (TPSA) is 94.2 Å². The molecular formula is C19H18N6O2S2. The molecule has 0 fully saturated rings. The Labute approximate surface area is 174 Å². The lowest BCUT2D eigenvalue weighted by Crippen LogP contribution is -2.32. The number of thioether (sulfide) groups is 1. The fraction of sp³-hybridized carbons (Fsp3) is 0.211. The lowest BCUT2D eigenvalue weighted by atomic mass is 10.1. The molecule has 0 aliphatic carbocycles. The van der Waals surface area contributed by atoms with E-state index < -0.39 is 0 Å². The van der Waals surface area contributed by atoms with E-state index >= 15 is 0 Å². The van der Waals surface area contributed by atoms with Crippen LogP contribution in [0.3, 0.4) is 0 Å². The second-order valence-electron chi connectivity index (χ2n) is 6.28.